The normalized spacial score (nSPS) is 12.0. The summed E-state index contributed by atoms with van der Waals surface area (Å²) >= 11 is 0. The van der Waals surface area contributed by atoms with E-state index in [1.807, 2.05) is 69.3 Å². The quantitative estimate of drug-likeness (QED) is 0.407. The fourth-order valence-electron chi connectivity index (χ4n) is 3.28. The van der Waals surface area contributed by atoms with E-state index in [2.05, 4.69) is 0 Å². The molecule has 0 amide bonds. The van der Waals surface area contributed by atoms with Crippen LogP contribution in [0.15, 0.2) is 54.6 Å². The molecule has 146 valence electrons. The van der Waals surface area contributed by atoms with Crippen molar-refractivity contribution in [2.75, 3.05) is 6.61 Å². The Morgan fingerprint density at radius 3 is 2.43 bits per heavy atom. The molecule has 0 fully saturated rings. The van der Waals surface area contributed by atoms with E-state index in [1.54, 1.807) is 0 Å². The molecule has 0 bridgehead atoms. The van der Waals surface area contributed by atoms with Crippen molar-refractivity contribution in [1.82, 2.24) is 0 Å². The third-order valence-electron chi connectivity index (χ3n) is 4.77. The Balaban J connectivity index is 2.10. The van der Waals surface area contributed by atoms with Crippen molar-refractivity contribution in [3.05, 3.63) is 54.6 Å². The lowest BCUT2D eigenvalue weighted by atomic mass is 10.00. The average molecular weight is 378 g/mol. The molecule has 4 heteroatoms. The Bertz CT molecular complexity index is 963. The SMILES string of the molecule is CCCC(C)C(=O)Oc1c(OCC)cc(O)c2cc(-c3ccccc3)ccc12. The van der Waals surface area contributed by atoms with Crippen LogP contribution in [0.5, 0.6) is 17.2 Å². The lowest BCUT2D eigenvalue weighted by Crippen LogP contribution is -2.18. The van der Waals surface area contributed by atoms with Gasteiger partial charge in [0.05, 0.1) is 12.5 Å². The Labute approximate surface area is 165 Å². The van der Waals surface area contributed by atoms with Crippen LogP contribution in [-0.4, -0.2) is 17.7 Å². The topological polar surface area (TPSA) is 55.8 Å². The Morgan fingerprint density at radius 2 is 1.75 bits per heavy atom. The first-order valence-corrected chi connectivity index (χ1v) is 9.74. The molecule has 3 aromatic carbocycles. The van der Waals surface area contributed by atoms with Gasteiger partial charge in [0.1, 0.15) is 5.75 Å². The van der Waals surface area contributed by atoms with Gasteiger partial charge in [-0.05, 0) is 36.6 Å². The molecule has 3 aromatic rings. The second kappa shape index (κ2) is 8.79. The van der Waals surface area contributed by atoms with Crippen LogP contribution >= 0.6 is 0 Å². The highest BCUT2D eigenvalue weighted by Crippen LogP contribution is 2.43. The molecule has 0 aliphatic rings. The van der Waals surface area contributed by atoms with E-state index < -0.39 is 0 Å². The number of benzene rings is 3. The number of phenolic OH excluding ortho intramolecular Hbond substituents is 1. The van der Waals surface area contributed by atoms with E-state index in [4.69, 9.17) is 9.47 Å². The van der Waals surface area contributed by atoms with E-state index >= 15 is 0 Å². The summed E-state index contributed by atoms with van der Waals surface area (Å²) < 4.78 is 11.4. The minimum atomic E-state index is -0.290. The van der Waals surface area contributed by atoms with Crippen molar-refractivity contribution < 1.29 is 19.4 Å². The maximum Gasteiger partial charge on any atom is 0.314 e. The van der Waals surface area contributed by atoms with Gasteiger partial charge in [-0.1, -0.05) is 56.7 Å². The van der Waals surface area contributed by atoms with Gasteiger partial charge in [0.15, 0.2) is 11.5 Å². The minimum absolute atomic E-state index is 0.0950. The molecule has 0 radical (unpaired) electrons. The van der Waals surface area contributed by atoms with Gasteiger partial charge < -0.3 is 14.6 Å². The molecular formula is C24H26O4. The van der Waals surface area contributed by atoms with Crippen LogP contribution in [0.1, 0.15) is 33.6 Å². The molecule has 3 rings (SSSR count). The lowest BCUT2D eigenvalue weighted by molar-refractivity contribution is -0.138. The summed E-state index contributed by atoms with van der Waals surface area (Å²) in [7, 11) is 0. The molecule has 0 saturated carbocycles. The van der Waals surface area contributed by atoms with Gasteiger partial charge in [0, 0.05) is 16.8 Å². The van der Waals surface area contributed by atoms with Crippen molar-refractivity contribution in [2.45, 2.75) is 33.6 Å². The molecule has 0 aliphatic heterocycles. The average Bonchev–Trinajstić information content (AvgIpc) is 2.71. The number of ether oxygens (including phenoxy) is 2. The monoisotopic (exact) mass is 378 g/mol. The standard InChI is InChI=1S/C24H26O4/c1-4-9-16(3)24(26)28-23-19-13-12-18(17-10-7-6-8-11-17)14-20(19)21(25)15-22(23)27-5-2/h6-8,10-16,25H,4-5,9H2,1-3H3. The smallest absolute Gasteiger partial charge is 0.314 e. The van der Waals surface area contributed by atoms with Crippen LogP contribution < -0.4 is 9.47 Å². The van der Waals surface area contributed by atoms with Gasteiger partial charge in [0.25, 0.3) is 0 Å². The molecule has 1 atom stereocenters. The first kappa shape index (κ1) is 19.7. The highest BCUT2D eigenvalue weighted by molar-refractivity contribution is 5.99. The highest BCUT2D eigenvalue weighted by atomic mass is 16.6. The summed E-state index contributed by atoms with van der Waals surface area (Å²) in [5.74, 6) is 0.339. The van der Waals surface area contributed by atoms with Crippen molar-refractivity contribution in [1.29, 1.82) is 0 Å². The Hall–Kier alpha value is -3.01. The van der Waals surface area contributed by atoms with Crippen LogP contribution in [0.25, 0.3) is 21.9 Å². The molecule has 0 saturated heterocycles. The van der Waals surface area contributed by atoms with Crippen LogP contribution in [0.2, 0.25) is 0 Å². The predicted octanol–water partition coefficient (Wildman–Crippen LogP) is 5.95. The van der Waals surface area contributed by atoms with Gasteiger partial charge in [-0.3, -0.25) is 4.79 Å². The number of esters is 1. The number of aromatic hydroxyl groups is 1. The summed E-state index contributed by atoms with van der Waals surface area (Å²) in [5.41, 5.74) is 2.02. The van der Waals surface area contributed by atoms with E-state index in [0.29, 0.717) is 28.9 Å². The number of carbonyl (C=O) groups is 1. The summed E-state index contributed by atoms with van der Waals surface area (Å²) in [6, 6.07) is 17.2. The van der Waals surface area contributed by atoms with E-state index in [0.717, 1.165) is 24.0 Å². The van der Waals surface area contributed by atoms with Crippen LogP contribution in [-0.2, 0) is 4.79 Å². The number of carbonyl (C=O) groups excluding carboxylic acids is 1. The van der Waals surface area contributed by atoms with Gasteiger partial charge in [0.2, 0.25) is 0 Å². The van der Waals surface area contributed by atoms with Gasteiger partial charge >= 0.3 is 5.97 Å². The van der Waals surface area contributed by atoms with E-state index in [1.165, 1.54) is 6.07 Å². The second-order valence-electron chi connectivity index (χ2n) is 6.89. The van der Waals surface area contributed by atoms with Crippen molar-refractivity contribution in [3.63, 3.8) is 0 Å². The number of hydrogen-bond acceptors (Lipinski definition) is 4. The van der Waals surface area contributed by atoms with Crippen LogP contribution in [0.3, 0.4) is 0 Å². The van der Waals surface area contributed by atoms with Gasteiger partial charge in [-0.2, -0.15) is 0 Å². The van der Waals surface area contributed by atoms with Crippen LogP contribution in [0, 0.1) is 5.92 Å². The Morgan fingerprint density at radius 1 is 1.00 bits per heavy atom. The number of phenols is 1. The van der Waals surface area contributed by atoms with Gasteiger partial charge in [-0.15, -0.1) is 0 Å². The largest absolute Gasteiger partial charge is 0.507 e. The summed E-state index contributed by atoms with van der Waals surface area (Å²) in [4.78, 5) is 12.5. The summed E-state index contributed by atoms with van der Waals surface area (Å²) in [6.45, 7) is 6.16. The molecule has 1 unspecified atom stereocenters. The fraction of sp³-hybridized carbons (Fsp3) is 0.292. The molecule has 0 aliphatic carbocycles. The summed E-state index contributed by atoms with van der Waals surface area (Å²) in [5, 5.41) is 11.9. The van der Waals surface area contributed by atoms with Crippen molar-refractivity contribution in [3.8, 4) is 28.4 Å². The third kappa shape index (κ3) is 4.11. The molecule has 0 spiro atoms. The fourth-order valence-corrected chi connectivity index (χ4v) is 3.28. The van der Waals surface area contributed by atoms with E-state index in [9.17, 15) is 9.90 Å². The van der Waals surface area contributed by atoms with Crippen molar-refractivity contribution in [2.24, 2.45) is 5.92 Å². The molecule has 0 heterocycles. The number of rotatable bonds is 7. The van der Waals surface area contributed by atoms with Crippen molar-refractivity contribution >= 4 is 16.7 Å². The zero-order valence-electron chi connectivity index (χ0n) is 16.6. The zero-order valence-corrected chi connectivity index (χ0v) is 16.6. The zero-order chi connectivity index (χ0) is 20.1. The molecular weight excluding hydrogens is 352 g/mol. The second-order valence-corrected chi connectivity index (χ2v) is 6.89. The third-order valence-corrected chi connectivity index (χ3v) is 4.77. The first-order valence-electron chi connectivity index (χ1n) is 9.74. The Kier molecular flexibility index (Phi) is 6.19. The van der Waals surface area contributed by atoms with E-state index in [-0.39, 0.29) is 17.6 Å². The molecule has 4 nitrogen and oxygen atoms in total. The highest BCUT2D eigenvalue weighted by Gasteiger charge is 2.21. The molecule has 28 heavy (non-hydrogen) atoms. The maximum absolute atomic E-state index is 12.5. The minimum Gasteiger partial charge on any atom is -0.507 e. The number of hydrogen-bond donors (Lipinski definition) is 1. The lowest BCUT2D eigenvalue weighted by Gasteiger charge is -2.17. The van der Waals surface area contributed by atoms with Gasteiger partial charge in [-0.25, -0.2) is 0 Å². The molecule has 1 N–H and O–H groups in total. The number of fused-ring (bicyclic) bond motifs is 1. The predicted molar refractivity (Wildman–Crippen MR) is 112 cm³/mol. The van der Waals surface area contributed by atoms with Crippen LogP contribution in [0.4, 0.5) is 0 Å². The maximum atomic E-state index is 12.5. The summed E-state index contributed by atoms with van der Waals surface area (Å²) in [6.07, 6.45) is 1.67. The molecule has 0 aromatic heterocycles. The first-order chi connectivity index (χ1) is 13.5.